The standard InChI is InChI=1S/C14H21N3O2/c1-4-11(15)14(19)17-12-8-10(7-6-9(12)3)16-13(18)5-2/h6-8,11H,4-5,15H2,1-3H3,(H,16,18)(H,17,19)/t11-/m1/s1. The number of hydrogen-bond donors (Lipinski definition) is 3. The molecule has 0 fully saturated rings. The molecule has 1 aromatic carbocycles. The van der Waals surface area contributed by atoms with Crippen LogP contribution >= 0.6 is 0 Å². The topological polar surface area (TPSA) is 84.2 Å². The minimum atomic E-state index is -0.520. The predicted octanol–water partition coefficient (Wildman–Crippen LogP) is 2.02. The number of rotatable bonds is 5. The fourth-order valence-corrected chi connectivity index (χ4v) is 1.49. The molecule has 0 saturated carbocycles. The Labute approximate surface area is 113 Å². The molecule has 0 saturated heterocycles. The van der Waals surface area contributed by atoms with Crippen LogP contribution in [0.5, 0.6) is 0 Å². The van der Waals surface area contributed by atoms with E-state index in [1.165, 1.54) is 0 Å². The average molecular weight is 263 g/mol. The zero-order chi connectivity index (χ0) is 14.4. The summed E-state index contributed by atoms with van der Waals surface area (Å²) in [6.45, 7) is 5.53. The molecule has 1 rings (SSSR count). The van der Waals surface area contributed by atoms with E-state index in [0.717, 1.165) is 5.56 Å². The van der Waals surface area contributed by atoms with Gasteiger partial charge in [-0.05, 0) is 31.0 Å². The van der Waals surface area contributed by atoms with Gasteiger partial charge in [-0.3, -0.25) is 9.59 Å². The third-order valence-corrected chi connectivity index (χ3v) is 2.88. The molecule has 1 atom stereocenters. The van der Waals surface area contributed by atoms with E-state index in [4.69, 9.17) is 5.73 Å². The molecule has 0 radical (unpaired) electrons. The van der Waals surface area contributed by atoms with Crippen LogP contribution in [0.15, 0.2) is 18.2 Å². The van der Waals surface area contributed by atoms with Crippen LogP contribution < -0.4 is 16.4 Å². The molecule has 104 valence electrons. The van der Waals surface area contributed by atoms with Gasteiger partial charge in [-0.25, -0.2) is 0 Å². The van der Waals surface area contributed by atoms with E-state index in [-0.39, 0.29) is 11.8 Å². The van der Waals surface area contributed by atoms with Crippen LogP contribution in [0.4, 0.5) is 11.4 Å². The lowest BCUT2D eigenvalue weighted by Crippen LogP contribution is -2.35. The maximum atomic E-state index is 11.8. The van der Waals surface area contributed by atoms with E-state index < -0.39 is 6.04 Å². The largest absolute Gasteiger partial charge is 0.326 e. The van der Waals surface area contributed by atoms with Gasteiger partial charge < -0.3 is 16.4 Å². The van der Waals surface area contributed by atoms with E-state index in [2.05, 4.69) is 10.6 Å². The molecule has 0 aliphatic heterocycles. The van der Waals surface area contributed by atoms with Crippen molar-refractivity contribution in [2.75, 3.05) is 10.6 Å². The van der Waals surface area contributed by atoms with Crippen molar-refractivity contribution in [2.45, 2.75) is 39.7 Å². The lowest BCUT2D eigenvalue weighted by Gasteiger charge is -2.13. The second-order valence-electron chi connectivity index (χ2n) is 4.44. The maximum absolute atomic E-state index is 11.8. The molecular weight excluding hydrogens is 242 g/mol. The zero-order valence-electron chi connectivity index (χ0n) is 11.6. The molecule has 0 aliphatic carbocycles. The van der Waals surface area contributed by atoms with Crippen LogP contribution in [-0.4, -0.2) is 17.9 Å². The van der Waals surface area contributed by atoms with Gasteiger partial charge in [-0.15, -0.1) is 0 Å². The summed E-state index contributed by atoms with van der Waals surface area (Å²) in [6, 6.07) is 4.87. The summed E-state index contributed by atoms with van der Waals surface area (Å²) in [7, 11) is 0. The maximum Gasteiger partial charge on any atom is 0.241 e. The van der Waals surface area contributed by atoms with Crippen molar-refractivity contribution >= 4 is 23.2 Å². The van der Waals surface area contributed by atoms with Crippen molar-refractivity contribution in [1.82, 2.24) is 0 Å². The van der Waals surface area contributed by atoms with Gasteiger partial charge in [0.05, 0.1) is 6.04 Å². The van der Waals surface area contributed by atoms with E-state index in [9.17, 15) is 9.59 Å². The van der Waals surface area contributed by atoms with E-state index >= 15 is 0 Å². The van der Waals surface area contributed by atoms with E-state index in [1.54, 1.807) is 19.1 Å². The average Bonchev–Trinajstić information content (AvgIpc) is 2.41. The number of nitrogens with two attached hydrogens (primary N) is 1. The molecule has 2 amide bonds. The van der Waals surface area contributed by atoms with Gasteiger partial charge in [0, 0.05) is 17.8 Å². The van der Waals surface area contributed by atoms with Gasteiger partial charge in [-0.1, -0.05) is 19.9 Å². The Morgan fingerprint density at radius 3 is 2.53 bits per heavy atom. The number of hydrogen-bond acceptors (Lipinski definition) is 3. The third kappa shape index (κ3) is 4.37. The van der Waals surface area contributed by atoms with Gasteiger partial charge >= 0.3 is 0 Å². The summed E-state index contributed by atoms with van der Waals surface area (Å²) < 4.78 is 0. The summed E-state index contributed by atoms with van der Waals surface area (Å²) in [5, 5.41) is 5.53. The molecule has 0 aromatic heterocycles. The minimum Gasteiger partial charge on any atom is -0.326 e. The summed E-state index contributed by atoms with van der Waals surface area (Å²) in [5.74, 6) is -0.282. The number of amides is 2. The van der Waals surface area contributed by atoms with Crippen LogP contribution in [0, 0.1) is 6.92 Å². The summed E-state index contributed by atoms with van der Waals surface area (Å²) in [5.41, 5.74) is 7.93. The smallest absolute Gasteiger partial charge is 0.241 e. The molecule has 0 bridgehead atoms. The van der Waals surface area contributed by atoms with Gasteiger partial charge in [0.1, 0.15) is 0 Å². The van der Waals surface area contributed by atoms with E-state index in [1.807, 2.05) is 19.9 Å². The Hall–Kier alpha value is -1.88. The first-order valence-electron chi connectivity index (χ1n) is 6.44. The van der Waals surface area contributed by atoms with Gasteiger partial charge in [0.2, 0.25) is 11.8 Å². The SMILES string of the molecule is CCC(=O)Nc1ccc(C)c(NC(=O)[C@H](N)CC)c1. The molecule has 19 heavy (non-hydrogen) atoms. The quantitative estimate of drug-likeness (QED) is 0.759. The highest BCUT2D eigenvalue weighted by Gasteiger charge is 2.12. The third-order valence-electron chi connectivity index (χ3n) is 2.88. The first-order valence-corrected chi connectivity index (χ1v) is 6.44. The Balaban J connectivity index is 2.85. The highest BCUT2D eigenvalue weighted by molar-refractivity contribution is 5.97. The van der Waals surface area contributed by atoms with Crippen molar-refractivity contribution in [3.8, 4) is 0 Å². The number of nitrogens with one attached hydrogen (secondary N) is 2. The minimum absolute atomic E-state index is 0.0635. The molecular formula is C14H21N3O2. The highest BCUT2D eigenvalue weighted by Crippen LogP contribution is 2.20. The van der Waals surface area contributed by atoms with E-state index in [0.29, 0.717) is 24.2 Å². The van der Waals surface area contributed by atoms with Crippen LogP contribution in [0.3, 0.4) is 0 Å². The molecule has 4 N–H and O–H groups in total. The monoisotopic (exact) mass is 263 g/mol. The number of carbonyl (C=O) groups excluding carboxylic acids is 2. The van der Waals surface area contributed by atoms with Crippen molar-refractivity contribution < 1.29 is 9.59 Å². The second kappa shape index (κ2) is 6.89. The molecule has 5 heteroatoms. The van der Waals surface area contributed by atoms with Crippen LogP contribution in [-0.2, 0) is 9.59 Å². The number of aryl methyl sites for hydroxylation is 1. The lowest BCUT2D eigenvalue weighted by molar-refractivity contribution is -0.117. The number of benzene rings is 1. The summed E-state index contributed by atoms with van der Waals surface area (Å²) in [4.78, 5) is 23.1. The van der Waals surface area contributed by atoms with Crippen LogP contribution in [0.25, 0.3) is 0 Å². The Morgan fingerprint density at radius 1 is 1.26 bits per heavy atom. The molecule has 0 aliphatic rings. The molecule has 5 nitrogen and oxygen atoms in total. The van der Waals surface area contributed by atoms with Crippen molar-refractivity contribution in [1.29, 1.82) is 0 Å². The zero-order valence-corrected chi connectivity index (χ0v) is 11.6. The first-order chi connectivity index (χ1) is 8.97. The predicted molar refractivity (Wildman–Crippen MR) is 77.0 cm³/mol. The van der Waals surface area contributed by atoms with Gasteiger partial charge in [0.25, 0.3) is 0 Å². The van der Waals surface area contributed by atoms with Gasteiger partial charge in [-0.2, -0.15) is 0 Å². The lowest BCUT2D eigenvalue weighted by atomic mass is 10.1. The molecule has 1 aromatic rings. The molecule has 0 unspecified atom stereocenters. The fraction of sp³-hybridized carbons (Fsp3) is 0.429. The summed E-state index contributed by atoms with van der Waals surface area (Å²) in [6.07, 6.45) is 0.993. The fourth-order valence-electron chi connectivity index (χ4n) is 1.49. The number of carbonyl (C=O) groups is 2. The second-order valence-corrected chi connectivity index (χ2v) is 4.44. The van der Waals surface area contributed by atoms with Gasteiger partial charge in [0.15, 0.2) is 0 Å². The summed E-state index contributed by atoms with van der Waals surface area (Å²) >= 11 is 0. The Kier molecular flexibility index (Phi) is 5.51. The Bertz CT molecular complexity index is 472. The first kappa shape index (κ1) is 15.2. The highest BCUT2D eigenvalue weighted by atomic mass is 16.2. The molecule has 0 heterocycles. The van der Waals surface area contributed by atoms with Crippen molar-refractivity contribution in [3.05, 3.63) is 23.8 Å². The number of anilines is 2. The van der Waals surface area contributed by atoms with Crippen LogP contribution in [0.1, 0.15) is 32.3 Å². The molecule has 0 spiro atoms. The van der Waals surface area contributed by atoms with Crippen LogP contribution in [0.2, 0.25) is 0 Å². The normalized spacial score (nSPS) is 11.8. The van der Waals surface area contributed by atoms with Crippen molar-refractivity contribution in [2.24, 2.45) is 5.73 Å². The van der Waals surface area contributed by atoms with Crippen molar-refractivity contribution in [3.63, 3.8) is 0 Å². The Morgan fingerprint density at radius 2 is 1.95 bits per heavy atom.